The molecule has 1 amide bonds. The molecule has 156 valence electrons. The number of para-hydroxylation sites is 1. The molecule has 3 aromatic rings. The molecular weight excluding hydrogens is 400 g/mol. The van der Waals surface area contributed by atoms with Gasteiger partial charge in [0, 0.05) is 11.3 Å². The topological polar surface area (TPSA) is 84.5 Å². The molecule has 0 aromatic heterocycles. The maximum Gasteiger partial charge on any atom is 0.261 e. The van der Waals surface area contributed by atoms with Gasteiger partial charge in [0.05, 0.1) is 10.9 Å². The van der Waals surface area contributed by atoms with Gasteiger partial charge in [0.25, 0.3) is 15.9 Å². The Morgan fingerprint density at radius 3 is 2.37 bits per heavy atom. The van der Waals surface area contributed by atoms with Gasteiger partial charge in [0.1, 0.15) is 12.4 Å². The largest absolute Gasteiger partial charge is 0.491 e. The summed E-state index contributed by atoms with van der Waals surface area (Å²) in [5, 5.41) is 2.82. The molecule has 0 radical (unpaired) electrons. The number of amides is 1. The van der Waals surface area contributed by atoms with E-state index in [1.165, 1.54) is 12.1 Å². The molecule has 0 aliphatic rings. The highest BCUT2D eigenvalue weighted by Crippen LogP contribution is 2.18. The zero-order valence-corrected chi connectivity index (χ0v) is 17.6. The fourth-order valence-corrected chi connectivity index (χ4v) is 3.83. The molecule has 3 rings (SSSR count). The number of sulfonamides is 1. The summed E-state index contributed by atoms with van der Waals surface area (Å²) < 4.78 is 33.5. The predicted octanol–water partition coefficient (Wildman–Crippen LogP) is 3.99. The fourth-order valence-electron chi connectivity index (χ4n) is 2.73. The number of hydrogen-bond donors (Lipinski definition) is 2. The van der Waals surface area contributed by atoms with E-state index in [9.17, 15) is 13.2 Å². The van der Waals surface area contributed by atoms with E-state index in [0.717, 1.165) is 5.56 Å². The molecule has 0 fully saturated rings. The van der Waals surface area contributed by atoms with Gasteiger partial charge in [-0.2, -0.15) is 0 Å². The van der Waals surface area contributed by atoms with Gasteiger partial charge in [-0.1, -0.05) is 42.0 Å². The van der Waals surface area contributed by atoms with Crippen LogP contribution in [0.25, 0.3) is 0 Å². The molecule has 0 bridgehead atoms. The molecule has 3 aromatic carbocycles. The maximum absolute atomic E-state index is 12.7. The van der Waals surface area contributed by atoms with Gasteiger partial charge in [0.15, 0.2) is 0 Å². The van der Waals surface area contributed by atoms with Crippen LogP contribution in [0.3, 0.4) is 0 Å². The average Bonchev–Trinajstić information content (AvgIpc) is 2.74. The first-order valence-electron chi connectivity index (χ1n) is 9.52. The predicted molar refractivity (Wildman–Crippen MR) is 117 cm³/mol. The number of hydrogen-bond acceptors (Lipinski definition) is 4. The normalized spacial score (nSPS) is 12.1. The summed E-state index contributed by atoms with van der Waals surface area (Å²) in [7, 11) is -3.81. The van der Waals surface area contributed by atoms with Crippen LogP contribution < -0.4 is 14.8 Å². The molecule has 0 saturated heterocycles. The molecule has 0 spiro atoms. The van der Waals surface area contributed by atoms with Gasteiger partial charge in [-0.15, -0.1) is 0 Å². The fraction of sp³-hybridized carbons (Fsp3) is 0.174. The minimum Gasteiger partial charge on any atom is -0.491 e. The molecule has 30 heavy (non-hydrogen) atoms. The van der Waals surface area contributed by atoms with Crippen molar-refractivity contribution in [3.63, 3.8) is 0 Å². The van der Waals surface area contributed by atoms with E-state index < -0.39 is 10.0 Å². The van der Waals surface area contributed by atoms with Gasteiger partial charge < -0.3 is 10.1 Å². The lowest BCUT2D eigenvalue weighted by Gasteiger charge is -2.15. The maximum atomic E-state index is 12.7. The van der Waals surface area contributed by atoms with E-state index in [4.69, 9.17) is 4.74 Å². The minimum absolute atomic E-state index is 0.0175. The first kappa shape index (κ1) is 21.4. The zero-order valence-electron chi connectivity index (χ0n) is 16.8. The smallest absolute Gasteiger partial charge is 0.261 e. The molecular formula is C23H24N2O4S. The van der Waals surface area contributed by atoms with E-state index >= 15 is 0 Å². The summed E-state index contributed by atoms with van der Waals surface area (Å²) in [6.07, 6.45) is 0. The van der Waals surface area contributed by atoms with Gasteiger partial charge >= 0.3 is 0 Å². The van der Waals surface area contributed by atoms with E-state index in [-0.39, 0.29) is 22.4 Å². The summed E-state index contributed by atoms with van der Waals surface area (Å²) in [5.41, 5.74) is 1.75. The lowest BCUT2D eigenvalue weighted by molar-refractivity contribution is 0.0926. The Hall–Kier alpha value is -3.32. The summed E-state index contributed by atoms with van der Waals surface area (Å²) in [6, 6.07) is 22.0. The Morgan fingerprint density at radius 1 is 0.967 bits per heavy atom. The van der Waals surface area contributed by atoms with Crippen LogP contribution in [0.5, 0.6) is 5.75 Å². The third-order valence-corrected chi connectivity index (χ3v) is 5.71. The van der Waals surface area contributed by atoms with Crippen molar-refractivity contribution in [3.05, 3.63) is 90.0 Å². The number of nitrogens with one attached hydrogen (secondary N) is 2. The lowest BCUT2D eigenvalue weighted by Crippen LogP contribution is -2.36. The highest BCUT2D eigenvalue weighted by Gasteiger charge is 2.17. The van der Waals surface area contributed by atoms with Crippen LogP contribution in [0.4, 0.5) is 5.69 Å². The molecule has 0 unspecified atom stereocenters. The molecule has 1 atom stereocenters. The average molecular weight is 425 g/mol. The minimum atomic E-state index is -3.81. The monoisotopic (exact) mass is 424 g/mol. The number of carbonyl (C=O) groups is 1. The molecule has 6 nitrogen and oxygen atoms in total. The van der Waals surface area contributed by atoms with Crippen molar-refractivity contribution in [1.29, 1.82) is 0 Å². The summed E-state index contributed by atoms with van der Waals surface area (Å²) in [4.78, 5) is 12.6. The lowest BCUT2D eigenvalue weighted by atomic mass is 10.2. The molecule has 0 heterocycles. The quantitative estimate of drug-likeness (QED) is 0.573. The van der Waals surface area contributed by atoms with Crippen molar-refractivity contribution < 1.29 is 17.9 Å². The summed E-state index contributed by atoms with van der Waals surface area (Å²) >= 11 is 0. The summed E-state index contributed by atoms with van der Waals surface area (Å²) in [6.45, 7) is 4.04. The van der Waals surface area contributed by atoms with Crippen LogP contribution >= 0.6 is 0 Å². The number of anilines is 1. The van der Waals surface area contributed by atoms with E-state index in [1.807, 2.05) is 56.3 Å². The van der Waals surface area contributed by atoms with Gasteiger partial charge in [-0.3, -0.25) is 9.52 Å². The molecule has 0 aliphatic carbocycles. The number of rotatable bonds is 8. The van der Waals surface area contributed by atoms with Crippen molar-refractivity contribution >= 4 is 21.6 Å². The third kappa shape index (κ3) is 5.84. The van der Waals surface area contributed by atoms with E-state index in [1.54, 1.807) is 24.3 Å². The summed E-state index contributed by atoms with van der Waals surface area (Å²) in [5.74, 6) is 0.348. The second-order valence-corrected chi connectivity index (χ2v) is 8.68. The highest BCUT2D eigenvalue weighted by molar-refractivity contribution is 7.92. The Labute approximate surface area is 177 Å². The SMILES string of the molecule is Cc1ccc(NS(=O)(=O)c2cccc(C(=O)N[C@H](C)COc3ccccc3)c2)cc1. The third-order valence-electron chi connectivity index (χ3n) is 4.33. The Balaban J connectivity index is 1.64. The second-order valence-electron chi connectivity index (χ2n) is 7.00. The van der Waals surface area contributed by atoms with Crippen LogP contribution in [-0.2, 0) is 10.0 Å². The van der Waals surface area contributed by atoms with Crippen molar-refractivity contribution in [3.8, 4) is 5.75 Å². The molecule has 7 heteroatoms. The van der Waals surface area contributed by atoms with Crippen LogP contribution in [-0.4, -0.2) is 27.0 Å². The van der Waals surface area contributed by atoms with Crippen LogP contribution in [0.2, 0.25) is 0 Å². The van der Waals surface area contributed by atoms with Crippen LogP contribution in [0.15, 0.2) is 83.8 Å². The standard InChI is InChI=1S/C23H24N2O4S/c1-17-11-13-20(14-12-17)25-30(27,28)22-10-6-7-19(15-22)23(26)24-18(2)16-29-21-8-4-3-5-9-21/h3-15,18,25H,16H2,1-2H3,(H,24,26)/t18-/m1/s1. The number of ether oxygens (including phenoxy) is 1. The number of aryl methyl sites for hydroxylation is 1. The van der Waals surface area contributed by atoms with Crippen molar-refractivity contribution in [2.24, 2.45) is 0 Å². The molecule has 0 saturated carbocycles. The number of benzene rings is 3. The molecule has 2 N–H and O–H groups in total. The Bertz CT molecular complexity index is 1100. The Kier molecular flexibility index (Phi) is 6.74. The van der Waals surface area contributed by atoms with Gasteiger partial charge in [-0.05, 0) is 56.3 Å². The van der Waals surface area contributed by atoms with Crippen molar-refractivity contribution in [1.82, 2.24) is 5.32 Å². The van der Waals surface area contributed by atoms with Gasteiger partial charge in [0.2, 0.25) is 0 Å². The highest BCUT2D eigenvalue weighted by atomic mass is 32.2. The molecule has 0 aliphatic heterocycles. The first-order valence-corrected chi connectivity index (χ1v) is 11.0. The number of carbonyl (C=O) groups excluding carboxylic acids is 1. The van der Waals surface area contributed by atoms with E-state index in [0.29, 0.717) is 18.0 Å². The second kappa shape index (κ2) is 9.45. The van der Waals surface area contributed by atoms with Gasteiger partial charge in [-0.25, -0.2) is 8.42 Å². The van der Waals surface area contributed by atoms with E-state index in [2.05, 4.69) is 10.0 Å². The van der Waals surface area contributed by atoms with Crippen molar-refractivity contribution in [2.45, 2.75) is 24.8 Å². The first-order chi connectivity index (χ1) is 14.3. The van der Waals surface area contributed by atoms with Crippen molar-refractivity contribution in [2.75, 3.05) is 11.3 Å². The zero-order chi connectivity index (χ0) is 21.6. The van der Waals surface area contributed by atoms with Crippen LogP contribution in [0.1, 0.15) is 22.8 Å². The van der Waals surface area contributed by atoms with Crippen LogP contribution in [0, 0.1) is 6.92 Å². The Morgan fingerprint density at radius 2 is 1.67 bits per heavy atom.